The van der Waals surface area contributed by atoms with E-state index in [2.05, 4.69) is 5.32 Å². The number of carboxylic acid groups (broad SMARTS) is 1. The Morgan fingerprint density at radius 3 is 2.68 bits per heavy atom. The van der Waals surface area contributed by atoms with Gasteiger partial charge in [0.2, 0.25) is 17.7 Å². The van der Waals surface area contributed by atoms with Crippen molar-refractivity contribution in [2.75, 3.05) is 19.6 Å². The first-order valence-corrected chi connectivity index (χ1v) is 9.00. The summed E-state index contributed by atoms with van der Waals surface area (Å²) in [4.78, 5) is 50.2. The van der Waals surface area contributed by atoms with Gasteiger partial charge in [-0.1, -0.05) is 0 Å². The van der Waals surface area contributed by atoms with Crippen molar-refractivity contribution in [2.45, 2.75) is 43.7 Å². The molecule has 1 unspecified atom stereocenters. The van der Waals surface area contributed by atoms with Crippen LogP contribution in [0.15, 0.2) is 0 Å². The topological polar surface area (TPSA) is 131 Å². The van der Waals surface area contributed by atoms with Crippen LogP contribution in [-0.4, -0.2) is 76.2 Å². The fraction of sp³-hybridized carbons (Fsp3) is 0.706. The van der Waals surface area contributed by atoms with Gasteiger partial charge in [0, 0.05) is 31.8 Å². The van der Waals surface area contributed by atoms with Crippen molar-refractivity contribution in [2.24, 2.45) is 11.8 Å². The maximum absolute atomic E-state index is 13.5. The minimum atomic E-state index is -3.15. The lowest BCUT2D eigenvalue weighted by molar-refractivity contribution is -0.141. The standard InChI is InChI=1S/C17H20F2N4O5/c18-17(19)5-11(6-20)23(8-17)15(26)12-3-10(14(25)21-12)4-13(24)22-2-1-9(7-22)16(27)28/h9-12H,1-5,7-8H2,(H,21,25)(H,27,28)/t9?,10-,11-,12-/m0/s1. The van der Waals surface area contributed by atoms with Crippen molar-refractivity contribution < 1.29 is 33.1 Å². The average molecular weight is 398 g/mol. The molecule has 0 saturated carbocycles. The largest absolute Gasteiger partial charge is 0.481 e. The summed E-state index contributed by atoms with van der Waals surface area (Å²) in [5, 5.41) is 20.4. The molecule has 3 aliphatic heterocycles. The highest BCUT2D eigenvalue weighted by Crippen LogP contribution is 2.33. The Kier molecular flexibility index (Phi) is 5.23. The summed E-state index contributed by atoms with van der Waals surface area (Å²) in [6.45, 7) is -0.499. The van der Waals surface area contributed by atoms with Gasteiger partial charge >= 0.3 is 5.97 Å². The lowest BCUT2D eigenvalue weighted by atomic mass is 9.99. The third kappa shape index (κ3) is 3.90. The van der Waals surface area contributed by atoms with Crippen LogP contribution in [0.1, 0.15) is 25.7 Å². The lowest BCUT2D eigenvalue weighted by Crippen LogP contribution is -2.46. The molecule has 3 rings (SSSR count). The number of carbonyl (C=O) groups is 4. The number of nitriles is 1. The molecule has 0 aromatic carbocycles. The molecule has 11 heteroatoms. The van der Waals surface area contributed by atoms with Gasteiger partial charge in [0.25, 0.3) is 5.92 Å². The molecule has 3 aliphatic rings. The molecule has 3 heterocycles. The Morgan fingerprint density at radius 1 is 1.36 bits per heavy atom. The highest BCUT2D eigenvalue weighted by atomic mass is 19.3. The van der Waals surface area contributed by atoms with Crippen molar-refractivity contribution in [3.05, 3.63) is 0 Å². The van der Waals surface area contributed by atoms with Crippen LogP contribution in [0.25, 0.3) is 0 Å². The van der Waals surface area contributed by atoms with E-state index in [9.17, 15) is 28.0 Å². The molecule has 0 aromatic heterocycles. The number of halogens is 2. The zero-order valence-corrected chi connectivity index (χ0v) is 14.9. The number of likely N-dealkylation sites (tertiary alicyclic amines) is 2. The van der Waals surface area contributed by atoms with Gasteiger partial charge in [0.05, 0.1) is 18.5 Å². The van der Waals surface area contributed by atoms with E-state index in [1.807, 2.05) is 0 Å². The van der Waals surface area contributed by atoms with E-state index in [4.69, 9.17) is 10.4 Å². The number of nitrogens with zero attached hydrogens (tertiary/aromatic N) is 3. The lowest BCUT2D eigenvalue weighted by Gasteiger charge is -2.22. The predicted octanol–water partition coefficient (Wildman–Crippen LogP) is -0.426. The maximum atomic E-state index is 13.5. The first kappa shape index (κ1) is 20.0. The molecule has 0 radical (unpaired) electrons. The molecule has 3 fully saturated rings. The van der Waals surface area contributed by atoms with Gasteiger partial charge in [-0.3, -0.25) is 19.2 Å². The molecule has 3 saturated heterocycles. The second-order valence-corrected chi connectivity index (χ2v) is 7.53. The van der Waals surface area contributed by atoms with E-state index in [0.717, 1.165) is 4.90 Å². The Labute approximate surface area is 159 Å². The Bertz CT molecular complexity index is 752. The Morgan fingerprint density at radius 2 is 2.07 bits per heavy atom. The number of hydrogen-bond acceptors (Lipinski definition) is 5. The molecule has 4 atom stereocenters. The van der Waals surface area contributed by atoms with Gasteiger partial charge in [-0.25, -0.2) is 8.78 Å². The highest BCUT2D eigenvalue weighted by Gasteiger charge is 2.50. The van der Waals surface area contributed by atoms with Crippen LogP contribution in [0, 0.1) is 23.2 Å². The summed E-state index contributed by atoms with van der Waals surface area (Å²) in [5.74, 6) is -7.21. The van der Waals surface area contributed by atoms with Crippen LogP contribution in [0.3, 0.4) is 0 Å². The van der Waals surface area contributed by atoms with E-state index in [0.29, 0.717) is 13.0 Å². The summed E-state index contributed by atoms with van der Waals surface area (Å²) in [5.41, 5.74) is 0. The number of aliphatic carboxylic acids is 1. The molecule has 28 heavy (non-hydrogen) atoms. The van der Waals surface area contributed by atoms with E-state index in [1.165, 1.54) is 4.90 Å². The first-order valence-electron chi connectivity index (χ1n) is 9.00. The number of alkyl halides is 2. The number of carbonyl (C=O) groups excluding carboxylic acids is 3. The smallest absolute Gasteiger partial charge is 0.308 e. The van der Waals surface area contributed by atoms with Gasteiger partial charge in [0.1, 0.15) is 12.1 Å². The van der Waals surface area contributed by atoms with Gasteiger partial charge in [0.15, 0.2) is 0 Å². The molecule has 152 valence electrons. The molecule has 0 aromatic rings. The Balaban J connectivity index is 1.58. The number of amides is 3. The summed E-state index contributed by atoms with van der Waals surface area (Å²) in [6, 6.07) is -0.625. The third-order valence-corrected chi connectivity index (χ3v) is 5.52. The molecule has 3 amide bonds. The summed E-state index contributed by atoms with van der Waals surface area (Å²) < 4.78 is 27.1. The van der Waals surface area contributed by atoms with Crippen molar-refractivity contribution in [1.29, 1.82) is 5.26 Å². The number of hydrogen-bond donors (Lipinski definition) is 2. The van der Waals surface area contributed by atoms with Crippen LogP contribution < -0.4 is 5.32 Å². The fourth-order valence-corrected chi connectivity index (χ4v) is 3.97. The van der Waals surface area contributed by atoms with Crippen molar-refractivity contribution >= 4 is 23.7 Å². The second kappa shape index (κ2) is 7.33. The summed E-state index contributed by atoms with van der Waals surface area (Å²) >= 11 is 0. The van der Waals surface area contributed by atoms with Gasteiger partial charge in [-0.05, 0) is 12.8 Å². The molecular weight excluding hydrogens is 378 g/mol. The van der Waals surface area contributed by atoms with Crippen LogP contribution in [0.2, 0.25) is 0 Å². The van der Waals surface area contributed by atoms with E-state index in [-0.39, 0.29) is 25.3 Å². The minimum absolute atomic E-state index is 0.0280. The first-order chi connectivity index (χ1) is 13.1. The van der Waals surface area contributed by atoms with Gasteiger partial charge in [-0.2, -0.15) is 5.26 Å². The van der Waals surface area contributed by atoms with Crippen LogP contribution >= 0.6 is 0 Å². The molecular formula is C17H20F2N4O5. The van der Waals surface area contributed by atoms with Gasteiger partial charge < -0.3 is 20.2 Å². The van der Waals surface area contributed by atoms with Crippen LogP contribution in [0.4, 0.5) is 8.78 Å². The summed E-state index contributed by atoms with van der Waals surface area (Å²) in [7, 11) is 0. The quantitative estimate of drug-likeness (QED) is 0.661. The third-order valence-electron chi connectivity index (χ3n) is 5.52. The van der Waals surface area contributed by atoms with Gasteiger partial charge in [-0.15, -0.1) is 0 Å². The zero-order chi connectivity index (χ0) is 20.6. The normalized spacial score (nSPS) is 31.5. The summed E-state index contributed by atoms with van der Waals surface area (Å²) in [6.07, 6.45) is -0.602. The second-order valence-electron chi connectivity index (χ2n) is 7.53. The molecule has 0 aliphatic carbocycles. The van der Waals surface area contributed by atoms with Crippen molar-refractivity contribution in [3.63, 3.8) is 0 Å². The zero-order valence-electron chi connectivity index (χ0n) is 14.9. The number of nitrogens with one attached hydrogen (secondary N) is 1. The SMILES string of the molecule is N#C[C@@H]1CC(F)(F)CN1C(=O)[C@@H]1C[C@@H](CC(=O)N2CCC(C(=O)O)C2)C(=O)N1. The molecule has 0 bridgehead atoms. The van der Waals surface area contributed by atoms with E-state index >= 15 is 0 Å². The van der Waals surface area contributed by atoms with Crippen LogP contribution in [0.5, 0.6) is 0 Å². The Hall–Kier alpha value is -2.77. The van der Waals surface area contributed by atoms with Crippen LogP contribution in [-0.2, 0) is 19.2 Å². The average Bonchev–Trinajstić information content (AvgIpc) is 3.31. The van der Waals surface area contributed by atoms with Crippen molar-refractivity contribution in [1.82, 2.24) is 15.1 Å². The fourth-order valence-electron chi connectivity index (χ4n) is 3.97. The molecule has 9 nitrogen and oxygen atoms in total. The predicted molar refractivity (Wildman–Crippen MR) is 87.7 cm³/mol. The maximum Gasteiger partial charge on any atom is 0.308 e. The van der Waals surface area contributed by atoms with E-state index < -0.39 is 60.6 Å². The minimum Gasteiger partial charge on any atom is -0.481 e. The molecule has 0 spiro atoms. The van der Waals surface area contributed by atoms with Crippen molar-refractivity contribution in [3.8, 4) is 6.07 Å². The van der Waals surface area contributed by atoms with E-state index in [1.54, 1.807) is 6.07 Å². The number of carboxylic acids is 1. The molecule has 2 N–H and O–H groups in total. The highest BCUT2D eigenvalue weighted by molar-refractivity contribution is 5.94. The monoisotopic (exact) mass is 398 g/mol. The number of rotatable bonds is 4.